The minimum Gasteiger partial charge on any atom is -0.394 e. The van der Waals surface area contributed by atoms with Crippen molar-refractivity contribution in [1.29, 1.82) is 0 Å². The zero-order valence-corrected chi connectivity index (χ0v) is 15.1. The summed E-state index contributed by atoms with van der Waals surface area (Å²) in [5.74, 6) is 1.21. The van der Waals surface area contributed by atoms with Crippen molar-refractivity contribution in [2.24, 2.45) is 0 Å². The summed E-state index contributed by atoms with van der Waals surface area (Å²) in [7, 11) is 0. The highest BCUT2D eigenvalue weighted by molar-refractivity contribution is 5.90. The Morgan fingerprint density at radius 3 is 2.89 bits per heavy atom. The van der Waals surface area contributed by atoms with Gasteiger partial charge < -0.3 is 15.3 Å². The standard InChI is InChI=1S/C21H23FN4O/c22-16-6-3-5-15(13-16)10-11-23-20-18-8-1-2-9-19(18)24-21(25-20)26-12-4-7-17(26)14-27/h1-3,5-6,8-9,13,17,27H,4,7,10-12,14H2,(H,23,24,25)/t17-/m0/s1. The van der Waals surface area contributed by atoms with Gasteiger partial charge in [0.25, 0.3) is 0 Å². The number of anilines is 2. The van der Waals surface area contributed by atoms with Gasteiger partial charge in [-0.15, -0.1) is 0 Å². The molecular formula is C21H23FN4O. The smallest absolute Gasteiger partial charge is 0.228 e. The number of para-hydroxylation sites is 1. The molecule has 5 nitrogen and oxygen atoms in total. The first-order valence-corrected chi connectivity index (χ1v) is 9.37. The predicted molar refractivity (Wildman–Crippen MR) is 106 cm³/mol. The number of aliphatic hydroxyl groups is 1. The largest absolute Gasteiger partial charge is 0.394 e. The molecule has 0 radical (unpaired) electrons. The number of nitrogens with one attached hydrogen (secondary N) is 1. The Bertz CT molecular complexity index is 933. The third-order valence-electron chi connectivity index (χ3n) is 5.03. The van der Waals surface area contributed by atoms with Gasteiger partial charge in [-0.05, 0) is 49.1 Å². The van der Waals surface area contributed by atoms with Gasteiger partial charge in [0.1, 0.15) is 11.6 Å². The number of aromatic nitrogens is 2. The molecule has 1 atom stereocenters. The maximum Gasteiger partial charge on any atom is 0.228 e. The van der Waals surface area contributed by atoms with Crippen molar-refractivity contribution in [1.82, 2.24) is 9.97 Å². The van der Waals surface area contributed by atoms with Gasteiger partial charge in [-0.1, -0.05) is 24.3 Å². The second-order valence-electron chi connectivity index (χ2n) is 6.87. The molecule has 0 aliphatic carbocycles. The first-order valence-electron chi connectivity index (χ1n) is 9.37. The molecule has 0 bridgehead atoms. The third kappa shape index (κ3) is 3.85. The zero-order chi connectivity index (χ0) is 18.6. The summed E-state index contributed by atoms with van der Waals surface area (Å²) >= 11 is 0. The Hall–Kier alpha value is -2.73. The van der Waals surface area contributed by atoms with E-state index in [0.717, 1.165) is 41.7 Å². The summed E-state index contributed by atoms with van der Waals surface area (Å²) in [5, 5.41) is 14.0. The number of nitrogens with zero attached hydrogens (tertiary/aromatic N) is 3. The summed E-state index contributed by atoms with van der Waals surface area (Å²) < 4.78 is 13.4. The van der Waals surface area contributed by atoms with Crippen LogP contribution in [0.5, 0.6) is 0 Å². The third-order valence-corrected chi connectivity index (χ3v) is 5.03. The molecule has 0 unspecified atom stereocenters. The van der Waals surface area contributed by atoms with Gasteiger partial charge in [0.05, 0.1) is 18.2 Å². The summed E-state index contributed by atoms with van der Waals surface area (Å²) in [6.45, 7) is 1.61. The minimum absolute atomic E-state index is 0.0753. The van der Waals surface area contributed by atoms with E-state index >= 15 is 0 Å². The molecule has 4 rings (SSSR count). The van der Waals surface area contributed by atoms with Crippen LogP contribution in [0.4, 0.5) is 16.2 Å². The summed E-state index contributed by atoms with van der Waals surface area (Å²) in [6, 6.07) is 14.6. The fourth-order valence-corrected chi connectivity index (χ4v) is 3.63. The monoisotopic (exact) mass is 366 g/mol. The molecule has 1 aliphatic rings. The fourth-order valence-electron chi connectivity index (χ4n) is 3.63. The average molecular weight is 366 g/mol. The second kappa shape index (κ2) is 7.88. The molecule has 27 heavy (non-hydrogen) atoms. The first kappa shape index (κ1) is 17.7. The van der Waals surface area contributed by atoms with Crippen LogP contribution in [0.25, 0.3) is 10.9 Å². The zero-order valence-electron chi connectivity index (χ0n) is 15.1. The van der Waals surface area contributed by atoms with Gasteiger partial charge in [0, 0.05) is 18.5 Å². The lowest BCUT2D eigenvalue weighted by atomic mass is 10.1. The molecule has 1 aromatic heterocycles. The van der Waals surface area contributed by atoms with Crippen LogP contribution in [-0.2, 0) is 6.42 Å². The summed E-state index contributed by atoms with van der Waals surface area (Å²) in [5.41, 5.74) is 1.82. The summed E-state index contributed by atoms with van der Waals surface area (Å²) in [4.78, 5) is 11.5. The van der Waals surface area contributed by atoms with Crippen LogP contribution in [0, 0.1) is 5.82 Å². The molecular weight excluding hydrogens is 343 g/mol. The van der Waals surface area contributed by atoms with E-state index in [9.17, 15) is 9.50 Å². The predicted octanol–water partition coefficient (Wildman–Crippen LogP) is 3.38. The van der Waals surface area contributed by atoms with Crippen LogP contribution in [0.15, 0.2) is 48.5 Å². The highest BCUT2D eigenvalue weighted by Crippen LogP contribution is 2.27. The van der Waals surface area contributed by atoms with Gasteiger partial charge in [-0.3, -0.25) is 0 Å². The van der Waals surface area contributed by atoms with E-state index < -0.39 is 0 Å². The highest BCUT2D eigenvalue weighted by atomic mass is 19.1. The van der Waals surface area contributed by atoms with Crippen LogP contribution in [0.3, 0.4) is 0 Å². The van der Waals surface area contributed by atoms with E-state index in [0.29, 0.717) is 18.9 Å². The van der Waals surface area contributed by atoms with E-state index in [1.54, 1.807) is 12.1 Å². The molecule has 0 saturated carbocycles. The molecule has 3 aromatic rings. The molecule has 1 aliphatic heterocycles. The molecule has 2 N–H and O–H groups in total. The van der Waals surface area contributed by atoms with Crippen LogP contribution >= 0.6 is 0 Å². The fraction of sp³-hybridized carbons (Fsp3) is 0.333. The van der Waals surface area contributed by atoms with Crippen molar-refractivity contribution >= 4 is 22.7 Å². The number of halogens is 1. The van der Waals surface area contributed by atoms with Gasteiger partial charge in [0.2, 0.25) is 5.95 Å². The molecule has 0 amide bonds. The van der Waals surface area contributed by atoms with Crippen molar-refractivity contribution in [2.75, 3.05) is 29.9 Å². The highest BCUT2D eigenvalue weighted by Gasteiger charge is 2.26. The van der Waals surface area contributed by atoms with E-state index in [1.807, 2.05) is 30.3 Å². The minimum atomic E-state index is -0.216. The molecule has 0 spiro atoms. The van der Waals surface area contributed by atoms with Crippen molar-refractivity contribution in [3.8, 4) is 0 Å². The van der Waals surface area contributed by atoms with E-state index in [1.165, 1.54) is 6.07 Å². The van der Waals surface area contributed by atoms with Crippen molar-refractivity contribution in [2.45, 2.75) is 25.3 Å². The number of aliphatic hydroxyl groups excluding tert-OH is 1. The number of hydrogen-bond donors (Lipinski definition) is 2. The number of benzene rings is 2. The van der Waals surface area contributed by atoms with Crippen LogP contribution in [0.1, 0.15) is 18.4 Å². The Morgan fingerprint density at radius 2 is 2.04 bits per heavy atom. The Morgan fingerprint density at radius 1 is 1.15 bits per heavy atom. The van der Waals surface area contributed by atoms with Gasteiger partial charge in [-0.2, -0.15) is 4.98 Å². The number of rotatable bonds is 6. The Balaban J connectivity index is 1.58. The average Bonchev–Trinajstić information content (AvgIpc) is 3.17. The molecule has 1 fully saturated rings. The SMILES string of the molecule is OC[C@@H]1CCCN1c1nc(NCCc2cccc(F)c2)c2ccccc2n1. The van der Waals surface area contributed by atoms with Gasteiger partial charge in [0.15, 0.2) is 0 Å². The second-order valence-corrected chi connectivity index (χ2v) is 6.87. The molecule has 140 valence electrons. The number of fused-ring (bicyclic) bond motifs is 1. The van der Waals surface area contributed by atoms with Gasteiger partial charge in [-0.25, -0.2) is 9.37 Å². The topological polar surface area (TPSA) is 61.3 Å². The van der Waals surface area contributed by atoms with E-state index in [-0.39, 0.29) is 18.5 Å². The van der Waals surface area contributed by atoms with Crippen molar-refractivity contribution in [3.63, 3.8) is 0 Å². The first-order chi connectivity index (χ1) is 13.2. The van der Waals surface area contributed by atoms with Crippen molar-refractivity contribution < 1.29 is 9.50 Å². The molecule has 2 heterocycles. The van der Waals surface area contributed by atoms with Gasteiger partial charge >= 0.3 is 0 Å². The van der Waals surface area contributed by atoms with E-state index in [2.05, 4.69) is 10.2 Å². The lowest BCUT2D eigenvalue weighted by molar-refractivity contribution is 0.265. The van der Waals surface area contributed by atoms with Crippen molar-refractivity contribution in [3.05, 3.63) is 59.9 Å². The van der Waals surface area contributed by atoms with Crippen LogP contribution in [-0.4, -0.2) is 40.8 Å². The molecule has 6 heteroatoms. The lowest BCUT2D eigenvalue weighted by Crippen LogP contribution is -2.33. The van der Waals surface area contributed by atoms with E-state index in [4.69, 9.17) is 9.97 Å². The molecule has 1 saturated heterocycles. The quantitative estimate of drug-likeness (QED) is 0.700. The Labute approximate surface area is 157 Å². The summed E-state index contributed by atoms with van der Waals surface area (Å²) in [6.07, 6.45) is 2.69. The Kier molecular flexibility index (Phi) is 5.16. The lowest BCUT2D eigenvalue weighted by Gasteiger charge is -2.24. The molecule has 2 aromatic carbocycles. The maximum absolute atomic E-state index is 13.4. The van der Waals surface area contributed by atoms with Crippen LogP contribution in [0.2, 0.25) is 0 Å². The normalized spacial score (nSPS) is 16.8. The number of hydrogen-bond acceptors (Lipinski definition) is 5. The maximum atomic E-state index is 13.4. The van der Waals surface area contributed by atoms with Crippen LogP contribution < -0.4 is 10.2 Å².